The molecule has 122 valence electrons. The predicted molar refractivity (Wildman–Crippen MR) is 79.6 cm³/mol. The van der Waals surface area contributed by atoms with E-state index in [0.717, 1.165) is 19.3 Å². The maximum atomic E-state index is 11.6. The van der Waals surface area contributed by atoms with Gasteiger partial charge in [-0.15, -0.1) is 0 Å². The minimum atomic E-state index is -1.06. The molecule has 1 unspecified atom stereocenters. The van der Waals surface area contributed by atoms with Gasteiger partial charge in [0.2, 0.25) is 5.91 Å². The number of nitrogens with one attached hydrogen (secondary N) is 1. The fourth-order valence-corrected chi connectivity index (χ4v) is 1.78. The summed E-state index contributed by atoms with van der Waals surface area (Å²) in [5.74, 6) is -1.37. The Morgan fingerprint density at radius 2 is 1.76 bits per heavy atom. The van der Waals surface area contributed by atoms with Crippen LogP contribution in [0, 0.1) is 0 Å². The molecule has 0 bridgehead atoms. The summed E-state index contributed by atoms with van der Waals surface area (Å²) < 4.78 is 0. The molecule has 0 aliphatic rings. The van der Waals surface area contributed by atoms with Gasteiger partial charge in [0.15, 0.2) is 5.96 Å². The SMILES string of the molecule is NC(N)=NCCCC(NC(=O)CCCCCCO)C(=O)O. The molecule has 0 aromatic rings. The van der Waals surface area contributed by atoms with Crippen LogP contribution in [0.25, 0.3) is 0 Å². The van der Waals surface area contributed by atoms with E-state index < -0.39 is 12.0 Å². The number of nitrogens with zero attached hydrogens (tertiary/aromatic N) is 1. The van der Waals surface area contributed by atoms with E-state index in [1.165, 1.54) is 0 Å². The quantitative estimate of drug-likeness (QED) is 0.187. The van der Waals surface area contributed by atoms with Crippen molar-refractivity contribution in [2.24, 2.45) is 16.5 Å². The van der Waals surface area contributed by atoms with Crippen LogP contribution in [0.1, 0.15) is 44.9 Å². The number of aliphatic hydroxyl groups excluding tert-OH is 1. The van der Waals surface area contributed by atoms with Gasteiger partial charge in [0.1, 0.15) is 6.04 Å². The molecule has 8 nitrogen and oxygen atoms in total. The van der Waals surface area contributed by atoms with Crippen molar-refractivity contribution < 1.29 is 19.8 Å². The van der Waals surface area contributed by atoms with E-state index >= 15 is 0 Å². The molecule has 1 atom stereocenters. The maximum absolute atomic E-state index is 11.6. The average molecular weight is 302 g/mol. The molecule has 0 spiro atoms. The van der Waals surface area contributed by atoms with Crippen LogP contribution in [0.3, 0.4) is 0 Å². The fourth-order valence-electron chi connectivity index (χ4n) is 1.78. The number of guanidine groups is 1. The summed E-state index contributed by atoms with van der Waals surface area (Å²) in [6.07, 6.45) is 4.17. The van der Waals surface area contributed by atoms with Crippen molar-refractivity contribution in [3.8, 4) is 0 Å². The van der Waals surface area contributed by atoms with Gasteiger partial charge in [0.05, 0.1) is 0 Å². The normalized spacial score (nSPS) is 11.7. The highest BCUT2D eigenvalue weighted by molar-refractivity contribution is 5.83. The summed E-state index contributed by atoms with van der Waals surface area (Å²) in [5, 5.41) is 20.2. The van der Waals surface area contributed by atoms with Crippen molar-refractivity contribution in [2.45, 2.75) is 51.0 Å². The lowest BCUT2D eigenvalue weighted by molar-refractivity contribution is -0.142. The number of hydrogen-bond acceptors (Lipinski definition) is 4. The Balaban J connectivity index is 3.93. The van der Waals surface area contributed by atoms with Crippen LogP contribution in [0.4, 0.5) is 0 Å². The Morgan fingerprint density at radius 3 is 2.33 bits per heavy atom. The lowest BCUT2D eigenvalue weighted by atomic mass is 10.1. The second-order valence-corrected chi connectivity index (χ2v) is 4.79. The number of aliphatic hydroxyl groups is 1. The Morgan fingerprint density at radius 1 is 1.10 bits per heavy atom. The third kappa shape index (κ3) is 11.7. The van der Waals surface area contributed by atoms with Gasteiger partial charge in [-0.25, -0.2) is 4.79 Å². The molecule has 8 heteroatoms. The number of carbonyl (C=O) groups is 2. The fraction of sp³-hybridized carbons (Fsp3) is 0.769. The lowest BCUT2D eigenvalue weighted by Crippen LogP contribution is -2.40. The molecule has 0 aliphatic carbocycles. The lowest BCUT2D eigenvalue weighted by Gasteiger charge is -2.14. The maximum Gasteiger partial charge on any atom is 0.326 e. The van der Waals surface area contributed by atoms with Crippen LogP contribution in [-0.4, -0.2) is 47.2 Å². The monoisotopic (exact) mass is 302 g/mol. The van der Waals surface area contributed by atoms with E-state index in [0.29, 0.717) is 25.8 Å². The second-order valence-electron chi connectivity index (χ2n) is 4.79. The molecule has 1 amide bonds. The van der Waals surface area contributed by atoms with Gasteiger partial charge in [0, 0.05) is 19.6 Å². The molecule has 7 N–H and O–H groups in total. The first kappa shape index (κ1) is 19.2. The molecular formula is C13H26N4O4. The highest BCUT2D eigenvalue weighted by Gasteiger charge is 2.18. The zero-order valence-corrected chi connectivity index (χ0v) is 12.3. The summed E-state index contributed by atoms with van der Waals surface area (Å²) in [4.78, 5) is 26.4. The number of aliphatic carboxylic acids is 1. The number of unbranched alkanes of at least 4 members (excludes halogenated alkanes) is 3. The number of carbonyl (C=O) groups excluding carboxylic acids is 1. The van der Waals surface area contributed by atoms with Crippen molar-refractivity contribution in [3.63, 3.8) is 0 Å². The average Bonchev–Trinajstić information content (AvgIpc) is 2.41. The summed E-state index contributed by atoms with van der Waals surface area (Å²) in [6.45, 7) is 0.492. The van der Waals surface area contributed by atoms with E-state index in [1.807, 2.05) is 0 Å². The Bertz CT molecular complexity index is 343. The zero-order valence-electron chi connectivity index (χ0n) is 12.3. The molecule has 21 heavy (non-hydrogen) atoms. The topological polar surface area (TPSA) is 151 Å². The number of rotatable bonds is 12. The van der Waals surface area contributed by atoms with Crippen molar-refractivity contribution in [1.82, 2.24) is 5.32 Å². The number of hydrogen-bond donors (Lipinski definition) is 5. The first-order valence-corrected chi connectivity index (χ1v) is 7.15. The van der Waals surface area contributed by atoms with Crippen LogP contribution >= 0.6 is 0 Å². The molecule has 0 aliphatic heterocycles. The van der Waals surface area contributed by atoms with Gasteiger partial charge in [-0.1, -0.05) is 12.8 Å². The van der Waals surface area contributed by atoms with E-state index in [2.05, 4.69) is 10.3 Å². The van der Waals surface area contributed by atoms with Crippen molar-refractivity contribution in [2.75, 3.05) is 13.2 Å². The minimum absolute atomic E-state index is 0.0335. The summed E-state index contributed by atoms with van der Waals surface area (Å²) >= 11 is 0. The molecule has 0 fully saturated rings. The molecule has 0 rings (SSSR count). The molecule has 0 radical (unpaired) electrons. The standard InChI is InChI=1S/C13H26N4O4/c14-13(15)16-8-5-6-10(12(20)21)17-11(19)7-3-1-2-4-9-18/h10,18H,1-9H2,(H,17,19)(H,20,21)(H4,14,15,16). The van der Waals surface area contributed by atoms with Crippen LogP contribution in [-0.2, 0) is 9.59 Å². The molecular weight excluding hydrogens is 276 g/mol. The summed E-state index contributed by atoms with van der Waals surface area (Å²) in [6, 6.07) is -0.913. The van der Waals surface area contributed by atoms with E-state index in [1.54, 1.807) is 0 Å². The zero-order chi connectivity index (χ0) is 16.1. The summed E-state index contributed by atoms with van der Waals surface area (Å²) in [7, 11) is 0. The van der Waals surface area contributed by atoms with Gasteiger partial charge < -0.3 is 27.0 Å². The van der Waals surface area contributed by atoms with Crippen LogP contribution in [0.2, 0.25) is 0 Å². The number of amides is 1. The second kappa shape index (κ2) is 12.0. The smallest absolute Gasteiger partial charge is 0.326 e. The predicted octanol–water partition coefficient (Wildman–Crippen LogP) is -0.448. The highest BCUT2D eigenvalue weighted by atomic mass is 16.4. The number of carboxylic acids is 1. The van der Waals surface area contributed by atoms with E-state index in [-0.39, 0.29) is 24.9 Å². The van der Waals surface area contributed by atoms with Gasteiger partial charge in [-0.3, -0.25) is 9.79 Å². The third-order valence-corrected chi connectivity index (χ3v) is 2.89. The van der Waals surface area contributed by atoms with Gasteiger partial charge in [0.25, 0.3) is 0 Å². The molecule has 0 saturated carbocycles. The molecule has 0 heterocycles. The number of nitrogens with two attached hydrogens (primary N) is 2. The van der Waals surface area contributed by atoms with Crippen LogP contribution in [0.5, 0.6) is 0 Å². The number of carboxylic acid groups (broad SMARTS) is 1. The molecule has 0 saturated heterocycles. The first-order chi connectivity index (χ1) is 9.97. The van der Waals surface area contributed by atoms with Gasteiger partial charge in [-0.05, 0) is 25.7 Å². The van der Waals surface area contributed by atoms with Crippen molar-refractivity contribution >= 4 is 17.8 Å². The minimum Gasteiger partial charge on any atom is -0.480 e. The van der Waals surface area contributed by atoms with E-state index in [4.69, 9.17) is 21.7 Å². The third-order valence-electron chi connectivity index (χ3n) is 2.89. The van der Waals surface area contributed by atoms with Gasteiger partial charge in [-0.2, -0.15) is 0 Å². The molecule has 0 aromatic heterocycles. The first-order valence-electron chi connectivity index (χ1n) is 7.15. The Labute approximate surface area is 124 Å². The summed E-state index contributed by atoms with van der Waals surface area (Å²) in [5.41, 5.74) is 10.3. The largest absolute Gasteiger partial charge is 0.480 e. The van der Waals surface area contributed by atoms with E-state index in [9.17, 15) is 9.59 Å². The van der Waals surface area contributed by atoms with Crippen LogP contribution in [0.15, 0.2) is 4.99 Å². The van der Waals surface area contributed by atoms with Crippen molar-refractivity contribution in [1.29, 1.82) is 0 Å². The number of aliphatic imine (C=N–C) groups is 1. The Kier molecular flexibility index (Phi) is 10.9. The molecule has 0 aromatic carbocycles. The highest BCUT2D eigenvalue weighted by Crippen LogP contribution is 2.04. The van der Waals surface area contributed by atoms with Crippen LogP contribution < -0.4 is 16.8 Å². The Hall–Kier alpha value is -1.83. The van der Waals surface area contributed by atoms with Gasteiger partial charge >= 0.3 is 5.97 Å². The van der Waals surface area contributed by atoms with Crippen molar-refractivity contribution in [3.05, 3.63) is 0 Å².